The number of halogens is 1. The number of carbonyl (C=O) groups excluding carboxylic acids is 1. The molecule has 31 heavy (non-hydrogen) atoms. The minimum absolute atomic E-state index is 0.0385. The van der Waals surface area contributed by atoms with E-state index in [-0.39, 0.29) is 24.4 Å². The summed E-state index contributed by atoms with van der Waals surface area (Å²) < 4.78 is 31.5. The fourth-order valence-corrected chi connectivity index (χ4v) is 3.98. The standard InChI is InChI=1S/C22H24FN3O4S/c1-15(12-28-2)26-20(13-30-19-7-5-4-6-18(19)23)24-25-22(26)31-14-16-8-10-17(11-9-16)21(27)29-3/h4-11,15H,12-14H2,1-3H3. The van der Waals surface area contributed by atoms with Gasteiger partial charge in [-0.15, -0.1) is 10.2 Å². The average molecular weight is 446 g/mol. The quantitative estimate of drug-likeness (QED) is 0.340. The van der Waals surface area contributed by atoms with E-state index in [4.69, 9.17) is 14.2 Å². The minimum Gasteiger partial charge on any atom is -0.483 e. The van der Waals surface area contributed by atoms with Crippen molar-refractivity contribution in [3.05, 3.63) is 71.3 Å². The molecule has 1 aromatic heterocycles. The van der Waals surface area contributed by atoms with Crippen LogP contribution in [0.3, 0.4) is 0 Å². The van der Waals surface area contributed by atoms with E-state index in [2.05, 4.69) is 10.2 Å². The van der Waals surface area contributed by atoms with E-state index in [1.807, 2.05) is 23.6 Å². The van der Waals surface area contributed by atoms with Gasteiger partial charge in [-0.3, -0.25) is 4.57 Å². The second kappa shape index (κ2) is 10.9. The summed E-state index contributed by atoms with van der Waals surface area (Å²) in [4.78, 5) is 11.6. The van der Waals surface area contributed by atoms with E-state index >= 15 is 0 Å². The average Bonchev–Trinajstić information content (AvgIpc) is 3.20. The van der Waals surface area contributed by atoms with Crippen LogP contribution in [-0.2, 0) is 21.8 Å². The van der Waals surface area contributed by atoms with Crippen LogP contribution in [0.15, 0.2) is 53.7 Å². The van der Waals surface area contributed by atoms with Gasteiger partial charge in [0.1, 0.15) is 6.61 Å². The third-order valence-corrected chi connectivity index (χ3v) is 5.53. The Morgan fingerprint density at radius 3 is 2.55 bits per heavy atom. The lowest BCUT2D eigenvalue weighted by atomic mass is 10.1. The first-order valence-corrected chi connectivity index (χ1v) is 10.6. The Kier molecular flexibility index (Phi) is 8.02. The topological polar surface area (TPSA) is 75.5 Å². The monoisotopic (exact) mass is 445 g/mol. The zero-order valence-electron chi connectivity index (χ0n) is 17.6. The predicted molar refractivity (Wildman–Crippen MR) is 115 cm³/mol. The van der Waals surface area contributed by atoms with Gasteiger partial charge >= 0.3 is 5.97 Å². The summed E-state index contributed by atoms with van der Waals surface area (Å²) in [6, 6.07) is 13.4. The van der Waals surface area contributed by atoms with Crippen LogP contribution in [-0.4, -0.2) is 41.6 Å². The highest BCUT2D eigenvalue weighted by atomic mass is 32.2. The van der Waals surface area contributed by atoms with Crippen LogP contribution < -0.4 is 4.74 Å². The Morgan fingerprint density at radius 1 is 1.13 bits per heavy atom. The van der Waals surface area contributed by atoms with E-state index < -0.39 is 5.82 Å². The molecule has 0 spiro atoms. The van der Waals surface area contributed by atoms with Gasteiger partial charge in [0, 0.05) is 12.9 Å². The van der Waals surface area contributed by atoms with Crippen molar-refractivity contribution in [3.8, 4) is 5.75 Å². The molecule has 1 unspecified atom stereocenters. The number of methoxy groups -OCH3 is 2. The van der Waals surface area contributed by atoms with Crippen LogP contribution in [0.25, 0.3) is 0 Å². The van der Waals surface area contributed by atoms with Crippen LogP contribution in [0, 0.1) is 5.82 Å². The molecular weight excluding hydrogens is 421 g/mol. The number of thioether (sulfide) groups is 1. The number of rotatable bonds is 10. The lowest BCUT2D eigenvalue weighted by Crippen LogP contribution is -2.16. The number of aromatic nitrogens is 3. The van der Waals surface area contributed by atoms with Crippen LogP contribution in [0.1, 0.15) is 34.7 Å². The summed E-state index contributed by atoms with van der Waals surface area (Å²) in [5.41, 5.74) is 1.52. The molecule has 0 fully saturated rings. The second-order valence-electron chi connectivity index (χ2n) is 6.77. The second-order valence-corrected chi connectivity index (χ2v) is 7.71. The normalized spacial score (nSPS) is 11.9. The molecule has 1 atom stereocenters. The van der Waals surface area contributed by atoms with Crippen molar-refractivity contribution in [2.45, 2.75) is 30.5 Å². The van der Waals surface area contributed by atoms with Gasteiger partial charge in [-0.25, -0.2) is 9.18 Å². The van der Waals surface area contributed by atoms with Crippen molar-refractivity contribution >= 4 is 17.7 Å². The molecule has 9 heteroatoms. The molecule has 3 rings (SSSR count). The molecule has 0 aliphatic rings. The van der Waals surface area contributed by atoms with Gasteiger partial charge in [0.25, 0.3) is 0 Å². The molecular formula is C22H24FN3O4S. The molecule has 7 nitrogen and oxygen atoms in total. The number of hydrogen-bond donors (Lipinski definition) is 0. The molecule has 0 amide bonds. The molecule has 164 valence electrons. The van der Waals surface area contributed by atoms with E-state index in [9.17, 15) is 9.18 Å². The first-order chi connectivity index (χ1) is 15.0. The fourth-order valence-electron chi connectivity index (χ4n) is 2.97. The number of esters is 1. The number of benzene rings is 2. The van der Waals surface area contributed by atoms with Crippen molar-refractivity contribution in [3.63, 3.8) is 0 Å². The summed E-state index contributed by atoms with van der Waals surface area (Å²) in [5, 5.41) is 9.26. The molecule has 0 saturated carbocycles. The van der Waals surface area contributed by atoms with Gasteiger partial charge in [0.05, 0.1) is 25.3 Å². The maximum atomic E-state index is 13.9. The number of nitrogens with zero attached hydrogens (tertiary/aromatic N) is 3. The zero-order valence-corrected chi connectivity index (χ0v) is 18.4. The highest BCUT2D eigenvalue weighted by Gasteiger charge is 2.19. The lowest BCUT2D eigenvalue weighted by molar-refractivity contribution is 0.0600. The largest absolute Gasteiger partial charge is 0.483 e. The number of hydrogen-bond acceptors (Lipinski definition) is 7. The molecule has 0 bridgehead atoms. The fraction of sp³-hybridized carbons (Fsp3) is 0.318. The van der Waals surface area contributed by atoms with E-state index in [1.165, 1.54) is 24.9 Å². The number of ether oxygens (including phenoxy) is 3. The number of carbonyl (C=O) groups is 1. The van der Waals surface area contributed by atoms with E-state index in [0.29, 0.717) is 28.9 Å². The Hall–Kier alpha value is -2.91. The molecule has 0 radical (unpaired) electrons. The maximum Gasteiger partial charge on any atom is 0.337 e. The van der Waals surface area contributed by atoms with Gasteiger partial charge < -0.3 is 14.2 Å². The van der Waals surface area contributed by atoms with Crippen LogP contribution in [0.4, 0.5) is 4.39 Å². The lowest BCUT2D eigenvalue weighted by Gasteiger charge is -2.17. The molecule has 1 heterocycles. The Labute approximate surface area is 184 Å². The van der Waals surface area contributed by atoms with Gasteiger partial charge in [-0.1, -0.05) is 36.0 Å². The molecule has 0 saturated heterocycles. The molecule has 3 aromatic rings. The molecule has 0 N–H and O–H groups in total. The SMILES string of the molecule is COCC(C)n1c(COc2ccccc2F)nnc1SCc1ccc(C(=O)OC)cc1. The van der Waals surface area contributed by atoms with Gasteiger partial charge in [0.2, 0.25) is 0 Å². The maximum absolute atomic E-state index is 13.9. The Balaban J connectivity index is 1.73. The third-order valence-electron chi connectivity index (χ3n) is 4.52. The van der Waals surface area contributed by atoms with Crippen LogP contribution >= 0.6 is 11.8 Å². The van der Waals surface area contributed by atoms with Gasteiger partial charge in [-0.05, 0) is 36.8 Å². The van der Waals surface area contributed by atoms with Crippen LogP contribution in [0.2, 0.25) is 0 Å². The predicted octanol–water partition coefficient (Wildman–Crippen LogP) is 4.28. The van der Waals surface area contributed by atoms with Crippen molar-refractivity contribution in [1.29, 1.82) is 0 Å². The zero-order chi connectivity index (χ0) is 22.2. The van der Waals surface area contributed by atoms with Crippen molar-refractivity contribution < 1.29 is 23.4 Å². The molecule has 0 aliphatic heterocycles. The smallest absolute Gasteiger partial charge is 0.337 e. The van der Waals surface area contributed by atoms with Crippen molar-refractivity contribution in [2.24, 2.45) is 0 Å². The summed E-state index contributed by atoms with van der Waals surface area (Å²) in [6.45, 7) is 2.54. The summed E-state index contributed by atoms with van der Waals surface area (Å²) in [5.74, 6) is 0.580. The van der Waals surface area contributed by atoms with Crippen molar-refractivity contribution in [1.82, 2.24) is 14.8 Å². The van der Waals surface area contributed by atoms with Gasteiger partial charge in [0.15, 0.2) is 22.5 Å². The summed E-state index contributed by atoms with van der Waals surface area (Å²) in [7, 11) is 2.99. The van der Waals surface area contributed by atoms with E-state index in [0.717, 1.165) is 5.56 Å². The van der Waals surface area contributed by atoms with E-state index in [1.54, 1.807) is 37.4 Å². The minimum atomic E-state index is -0.427. The molecule has 0 aliphatic carbocycles. The van der Waals surface area contributed by atoms with Crippen molar-refractivity contribution in [2.75, 3.05) is 20.8 Å². The Morgan fingerprint density at radius 2 is 1.87 bits per heavy atom. The highest BCUT2D eigenvalue weighted by Crippen LogP contribution is 2.26. The Bertz CT molecular complexity index is 1010. The summed E-state index contributed by atoms with van der Waals surface area (Å²) >= 11 is 1.51. The van der Waals surface area contributed by atoms with Crippen LogP contribution in [0.5, 0.6) is 5.75 Å². The third kappa shape index (κ3) is 5.83. The highest BCUT2D eigenvalue weighted by molar-refractivity contribution is 7.98. The summed E-state index contributed by atoms with van der Waals surface area (Å²) in [6.07, 6.45) is 0. The molecule has 2 aromatic carbocycles. The first kappa shape index (κ1) is 22.8. The first-order valence-electron chi connectivity index (χ1n) is 9.63. The number of para-hydroxylation sites is 1. The van der Waals surface area contributed by atoms with Gasteiger partial charge in [-0.2, -0.15) is 0 Å².